The SMILES string of the molecule is Cc1nc(CSCC(=O)NCc2ccccc2CN2CCC(C)CC2)cs1. The van der Waals surface area contributed by atoms with Gasteiger partial charge in [-0.1, -0.05) is 31.2 Å². The number of thioether (sulfide) groups is 1. The van der Waals surface area contributed by atoms with E-state index in [1.54, 1.807) is 23.1 Å². The number of likely N-dealkylation sites (tertiary alicyclic amines) is 1. The molecule has 146 valence electrons. The molecule has 0 bridgehead atoms. The van der Waals surface area contributed by atoms with E-state index in [2.05, 4.69) is 51.8 Å². The van der Waals surface area contributed by atoms with Crippen molar-refractivity contribution in [3.05, 3.63) is 51.5 Å². The topological polar surface area (TPSA) is 45.2 Å². The number of carbonyl (C=O) groups is 1. The highest BCUT2D eigenvalue weighted by Crippen LogP contribution is 2.20. The zero-order chi connectivity index (χ0) is 19.1. The Morgan fingerprint density at radius 1 is 1.30 bits per heavy atom. The highest BCUT2D eigenvalue weighted by molar-refractivity contribution is 7.99. The minimum Gasteiger partial charge on any atom is -0.351 e. The van der Waals surface area contributed by atoms with Crippen molar-refractivity contribution in [3.8, 4) is 0 Å². The number of amides is 1. The van der Waals surface area contributed by atoms with Crippen LogP contribution in [0.2, 0.25) is 0 Å². The number of piperidine rings is 1. The van der Waals surface area contributed by atoms with Gasteiger partial charge in [0.2, 0.25) is 5.91 Å². The van der Waals surface area contributed by atoms with E-state index in [4.69, 9.17) is 0 Å². The molecule has 1 aliphatic rings. The molecule has 4 nitrogen and oxygen atoms in total. The maximum Gasteiger partial charge on any atom is 0.230 e. The van der Waals surface area contributed by atoms with Crippen LogP contribution in [0.4, 0.5) is 0 Å². The fraction of sp³-hybridized carbons (Fsp3) is 0.524. The average Bonchev–Trinajstić information content (AvgIpc) is 3.08. The van der Waals surface area contributed by atoms with Gasteiger partial charge in [-0.15, -0.1) is 23.1 Å². The number of rotatable bonds is 8. The fourth-order valence-corrected chi connectivity index (χ4v) is 4.78. The van der Waals surface area contributed by atoms with Crippen LogP contribution in [0.5, 0.6) is 0 Å². The van der Waals surface area contributed by atoms with E-state index < -0.39 is 0 Å². The number of hydrogen-bond acceptors (Lipinski definition) is 5. The van der Waals surface area contributed by atoms with Gasteiger partial charge < -0.3 is 5.32 Å². The molecule has 0 atom stereocenters. The third-order valence-corrected chi connectivity index (χ3v) is 6.80. The second-order valence-electron chi connectivity index (χ2n) is 7.35. The Bertz CT molecular complexity index is 739. The van der Waals surface area contributed by atoms with Gasteiger partial charge in [-0.05, 0) is 49.9 Å². The Morgan fingerprint density at radius 2 is 2.04 bits per heavy atom. The van der Waals surface area contributed by atoms with E-state index in [0.717, 1.165) is 28.9 Å². The molecule has 1 aromatic carbocycles. The van der Waals surface area contributed by atoms with Gasteiger partial charge in [0.05, 0.1) is 16.5 Å². The van der Waals surface area contributed by atoms with Gasteiger partial charge in [-0.2, -0.15) is 0 Å². The molecule has 0 saturated carbocycles. The first kappa shape index (κ1) is 20.4. The zero-order valence-corrected chi connectivity index (χ0v) is 17.9. The summed E-state index contributed by atoms with van der Waals surface area (Å²) in [4.78, 5) is 19.2. The minimum absolute atomic E-state index is 0.0913. The first-order valence-corrected chi connectivity index (χ1v) is 11.7. The first-order valence-electron chi connectivity index (χ1n) is 9.64. The zero-order valence-electron chi connectivity index (χ0n) is 16.2. The number of carbonyl (C=O) groups excluding carboxylic acids is 1. The van der Waals surface area contributed by atoms with Crippen LogP contribution < -0.4 is 5.32 Å². The van der Waals surface area contributed by atoms with E-state index in [1.165, 1.54) is 37.1 Å². The van der Waals surface area contributed by atoms with Crippen molar-refractivity contribution in [3.63, 3.8) is 0 Å². The summed E-state index contributed by atoms with van der Waals surface area (Å²) >= 11 is 3.28. The van der Waals surface area contributed by atoms with Crippen molar-refractivity contribution in [1.29, 1.82) is 0 Å². The van der Waals surface area contributed by atoms with Crippen molar-refractivity contribution in [2.75, 3.05) is 18.8 Å². The smallest absolute Gasteiger partial charge is 0.230 e. The molecule has 1 saturated heterocycles. The Kier molecular flexibility index (Phi) is 7.73. The summed E-state index contributed by atoms with van der Waals surface area (Å²) in [5.74, 6) is 2.21. The predicted octanol–water partition coefficient (Wildman–Crippen LogP) is 4.23. The molecular weight excluding hydrogens is 374 g/mol. The Hall–Kier alpha value is -1.37. The van der Waals surface area contributed by atoms with Crippen LogP contribution in [0.15, 0.2) is 29.6 Å². The molecule has 2 aromatic rings. The third kappa shape index (κ3) is 6.63. The summed E-state index contributed by atoms with van der Waals surface area (Å²) in [7, 11) is 0. The number of aromatic nitrogens is 1. The lowest BCUT2D eigenvalue weighted by Gasteiger charge is -2.30. The molecule has 1 aromatic heterocycles. The lowest BCUT2D eigenvalue weighted by Crippen LogP contribution is -2.33. The maximum absolute atomic E-state index is 12.2. The molecule has 0 aliphatic carbocycles. The highest BCUT2D eigenvalue weighted by atomic mass is 32.2. The third-order valence-electron chi connectivity index (χ3n) is 5.01. The van der Waals surface area contributed by atoms with Crippen molar-refractivity contribution in [1.82, 2.24) is 15.2 Å². The molecule has 1 fully saturated rings. The van der Waals surface area contributed by atoms with Gasteiger partial charge in [0.25, 0.3) is 0 Å². The van der Waals surface area contributed by atoms with Crippen LogP contribution in [0.25, 0.3) is 0 Å². The van der Waals surface area contributed by atoms with Gasteiger partial charge in [-0.25, -0.2) is 4.98 Å². The summed E-state index contributed by atoms with van der Waals surface area (Å²) < 4.78 is 0. The fourth-order valence-electron chi connectivity index (χ4n) is 3.31. The summed E-state index contributed by atoms with van der Waals surface area (Å²) in [5.41, 5.74) is 3.62. The van der Waals surface area contributed by atoms with Gasteiger partial charge in [0.15, 0.2) is 0 Å². The molecule has 3 rings (SSSR count). The van der Waals surface area contributed by atoms with Crippen molar-refractivity contribution in [2.45, 2.75) is 45.5 Å². The number of nitrogens with zero attached hydrogens (tertiary/aromatic N) is 2. The number of thiazole rings is 1. The molecular formula is C21H29N3OS2. The molecule has 0 unspecified atom stereocenters. The van der Waals surface area contributed by atoms with E-state index in [9.17, 15) is 4.79 Å². The minimum atomic E-state index is 0.0913. The summed E-state index contributed by atoms with van der Waals surface area (Å²) in [6.07, 6.45) is 2.57. The monoisotopic (exact) mass is 403 g/mol. The van der Waals surface area contributed by atoms with Crippen LogP contribution in [-0.2, 0) is 23.6 Å². The van der Waals surface area contributed by atoms with Crippen LogP contribution in [0.1, 0.15) is 41.6 Å². The van der Waals surface area contributed by atoms with E-state index in [0.29, 0.717) is 12.3 Å². The largest absolute Gasteiger partial charge is 0.351 e. The highest BCUT2D eigenvalue weighted by Gasteiger charge is 2.16. The summed E-state index contributed by atoms with van der Waals surface area (Å²) in [5, 5.41) is 6.22. The normalized spacial score (nSPS) is 15.8. The van der Waals surface area contributed by atoms with Crippen molar-refractivity contribution in [2.24, 2.45) is 5.92 Å². The molecule has 1 N–H and O–H groups in total. The molecule has 0 spiro atoms. The first-order chi connectivity index (χ1) is 13.1. The van der Waals surface area contributed by atoms with Crippen molar-refractivity contribution < 1.29 is 4.79 Å². The molecule has 2 heterocycles. The second kappa shape index (κ2) is 10.2. The Labute approximate surface area is 170 Å². The summed E-state index contributed by atoms with van der Waals surface area (Å²) in [6, 6.07) is 8.48. The van der Waals surface area contributed by atoms with E-state index >= 15 is 0 Å². The molecule has 1 amide bonds. The summed E-state index contributed by atoms with van der Waals surface area (Å²) in [6.45, 7) is 8.29. The Balaban J connectivity index is 1.44. The average molecular weight is 404 g/mol. The van der Waals surface area contributed by atoms with Crippen LogP contribution in [-0.4, -0.2) is 34.6 Å². The Morgan fingerprint density at radius 3 is 2.74 bits per heavy atom. The molecule has 0 radical (unpaired) electrons. The lowest BCUT2D eigenvalue weighted by atomic mass is 9.98. The van der Waals surface area contributed by atoms with Gasteiger partial charge in [-0.3, -0.25) is 9.69 Å². The van der Waals surface area contributed by atoms with E-state index in [-0.39, 0.29) is 5.91 Å². The van der Waals surface area contributed by atoms with Crippen LogP contribution in [0.3, 0.4) is 0 Å². The number of nitrogens with one attached hydrogen (secondary N) is 1. The van der Waals surface area contributed by atoms with E-state index in [1.807, 2.05) is 6.92 Å². The molecule has 27 heavy (non-hydrogen) atoms. The maximum atomic E-state index is 12.2. The second-order valence-corrected chi connectivity index (χ2v) is 9.40. The van der Waals surface area contributed by atoms with Gasteiger partial charge >= 0.3 is 0 Å². The molecule has 1 aliphatic heterocycles. The predicted molar refractivity (Wildman–Crippen MR) is 115 cm³/mol. The molecule has 6 heteroatoms. The van der Waals surface area contributed by atoms with Crippen LogP contribution >= 0.6 is 23.1 Å². The number of benzene rings is 1. The standard InChI is InChI=1S/C21H29N3OS2/c1-16-7-9-24(10-8-16)12-19-6-4-3-5-18(19)11-22-21(25)15-26-13-20-14-27-17(2)23-20/h3-6,14,16H,7-13,15H2,1-2H3,(H,22,25). The number of hydrogen-bond donors (Lipinski definition) is 1. The van der Waals surface area contributed by atoms with Gasteiger partial charge in [0.1, 0.15) is 0 Å². The van der Waals surface area contributed by atoms with Crippen molar-refractivity contribution >= 4 is 29.0 Å². The lowest BCUT2D eigenvalue weighted by molar-refractivity contribution is -0.118. The quantitative estimate of drug-likeness (QED) is 0.716. The van der Waals surface area contributed by atoms with Gasteiger partial charge in [0, 0.05) is 24.2 Å². The number of aryl methyl sites for hydroxylation is 1. The van der Waals surface area contributed by atoms with Crippen LogP contribution in [0, 0.1) is 12.8 Å².